The molecule has 1 aromatic carbocycles. The molecule has 2 heteroatoms. The number of hydrogen-bond donors (Lipinski definition) is 0. The van der Waals surface area contributed by atoms with Crippen molar-refractivity contribution in [1.29, 1.82) is 0 Å². The molecule has 80 valence electrons. The molecule has 0 saturated heterocycles. The number of benzene rings is 1. The second-order valence-electron chi connectivity index (χ2n) is 3.85. The monoisotopic (exact) mass is 211 g/mol. The minimum absolute atomic E-state index is 0.00421. The summed E-state index contributed by atoms with van der Waals surface area (Å²) in [5.74, 6) is -0.00421. The number of ketones is 1. The molecule has 0 fully saturated rings. The van der Waals surface area contributed by atoms with Crippen molar-refractivity contribution >= 4 is 5.78 Å². The zero-order valence-electron chi connectivity index (χ0n) is 9.40. The summed E-state index contributed by atoms with van der Waals surface area (Å²) < 4.78 is 0. The molecule has 2 nitrogen and oxygen atoms in total. The summed E-state index contributed by atoms with van der Waals surface area (Å²) in [6.07, 6.45) is 1.74. The zero-order chi connectivity index (χ0) is 11.5. The van der Waals surface area contributed by atoms with Gasteiger partial charge in [-0.15, -0.1) is 0 Å². The highest BCUT2D eigenvalue weighted by Gasteiger charge is 2.01. The van der Waals surface area contributed by atoms with Gasteiger partial charge < -0.3 is 0 Å². The van der Waals surface area contributed by atoms with Crippen LogP contribution in [0.15, 0.2) is 42.6 Å². The van der Waals surface area contributed by atoms with Gasteiger partial charge in [0, 0.05) is 18.7 Å². The van der Waals surface area contributed by atoms with E-state index in [1.807, 2.05) is 6.07 Å². The number of Topliss-reactive ketones (excluding diaryl/α,β-unsaturated/α-hetero) is 1. The van der Waals surface area contributed by atoms with Gasteiger partial charge in [0.25, 0.3) is 0 Å². The number of aryl methyl sites for hydroxylation is 1. The summed E-state index contributed by atoms with van der Waals surface area (Å²) >= 11 is 0. The number of nitrogens with zero attached hydrogens (tertiary/aromatic N) is 1. The molecule has 1 heterocycles. The number of rotatable bonds is 2. The molecular weight excluding hydrogens is 198 g/mol. The third kappa shape index (κ3) is 2.16. The van der Waals surface area contributed by atoms with Gasteiger partial charge in [0.1, 0.15) is 5.69 Å². The first-order chi connectivity index (χ1) is 7.66. The van der Waals surface area contributed by atoms with Crippen molar-refractivity contribution in [2.45, 2.75) is 13.8 Å². The van der Waals surface area contributed by atoms with Crippen molar-refractivity contribution in [1.82, 2.24) is 4.98 Å². The first-order valence-electron chi connectivity index (χ1n) is 5.21. The van der Waals surface area contributed by atoms with E-state index in [9.17, 15) is 4.79 Å². The first-order valence-corrected chi connectivity index (χ1v) is 5.21. The van der Waals surface area contributed by atoms with Gasteiger partial charge in [0.2, 0.25) is 0 Å². The molecule has 0 aliphatic rings. The fraction of sp³-hybridized carbons (Fsp3) is 0.143. The molecule has 0 aliphatic heterocycles. The Labute approximate surface area is 95.0 Å². The molecule has 0 atom stereocenters. The Morgan fingerprint density at radius 3 is 2.12 bits per heavy atom. The Hall–Kier alpha value is -1.96. The van der Waals surface area contributed by atoms with Crippen molar-refractivity contribution < 1.29 is 4.79 Å². The van der Waals surface area contributed by atoms with Crippen LogP contribution in [0.25, 0.3) is 11.1 Å². The van der Waals surface area contributed by atoms with Crippen molar-refractivity contribution in [2.75, 3.05) is 0 Å². The van der Waals surface area contributed by atoms with Crippen molar-refractivity contribution in [3.8, 4) is 11.1 Å². The highest BCUT2D eigenvalue weighted by molar-refractivity contribution is 5.92. The van der Waals surface area contributed by atoms with E-state index in [1.165, 1.54) is 12.5 Å². The van der Waals surface area contributed by atoms with Crippen LogP contribution in [0.1, 0.15) is 23.0 Å². The molecule has 0 amide bonds. The molecule has 0 spiro atoms. The second kappa shape index (κ2) is 4.27. The van der Waals surface area contributed by atoms with Gasteiger partial charge in [-0.3, -0.25) is 9.78 Å². The van der Waals surface area contributed by atoms with Crippen LogP contribution in [-0.4, -0.2) is 10.8 Å². The maximum Gasteiger partial charge on any atom is 0.178 e. The van der Waals surface area contributed by atoms with E-state index in [2.05, 4.69) is 36.2 Å². The van der Waals surface area contributed by atoms with Crippen molar-refractivity contribution in [3.63, 3.8) is 0 Å². The third-order valence-corrected chi connectivity index (χ3v) is 2.51. The lowest BCUT2D eigenvalue weighted by Gasteiger charge is -2.02. The number of carbonyl (C=O) groups excluding carboxylic acids is 1. The van der Waals surface area contributed by atoms with E-state index in [0.29, 0.717) is 5.69 Å². The van der Waals surface area contributed by atoms with Crippen LogP contribution in [0, 0.1) is 6.92 Å². The van der Waals surface area contributed by atoms with Gasteiger partial charge in [0.05, 0.1) is 0 Å². The number of hydrogen-bond acceptors (Lipinski definition) is 2. The Kier molecular flexibility index (Phi) is 2.82. The Morgan fingerprint density at radius 2 is 1.62 bits per heavy atom. The van der Waals surface area contributed by atoms with Gasteiger partial charge in [-0.2, -0.15) is 0 Å². The molecule has 0 saturated carbocycles. The fourth-order valence-corrected chi connectivity index (χ4v) is 1.52. The Balaban J connectivity index is 2.34. The summed E-state index contributed by atoms with van der Waals surface area (Å²) in [5.41, 5.74) is 3.89. The predicted molar refractivity (Wildman–Crippen MR) is 64.4 cm³/mol. The molecule has 16 heavy (non-hydrogen) atoms. The van der Waals surface area contributed by atoms with Crippen molar-refractivity contribution in [3.05, 3.63) is 53.9 Å². The van der Waals surface area contributed by atoms with Crippen LogP contribution >= 0.6 is 0 Å². The summed E-state index contributed by atoms with van der Waals surface area (Å²) in [5, 5.41) is 0. The smallest absolute Gasteiger partial charge is 0.178 e. The van der Waals surface area contributed by atoms with Gasteiger partial charge in [-0.05, 0) is 18.6 Å². The molecule has 2 rings (SSSR count). The summed E-state index contributed by atoms with van der Waals surface area (Å²) in [7, 11) is 0. The largest absolute Gasteiger partial charge is 0.293 e. The quantitative estimate of drug-likeness (QED) is 0.714. The minimum atomic E-state index is -0.00421. The van der Waals surface area contributed by atoms with Crippen LogP contribution in [0.3, 0.4) is 0 Å². The van der Waals surface area contributed by atoms with Crippen LogP contribution in [-0.2, 0) is 0 Å². The summed E-state index contributed by atoms with van der Waals surface area (Å²) in [4.78, 5) is 15.2. The highest BCUT2D eigenvalue weighted by Crippen LogP contribution is 2.18. The van der Waals surface area contributed by atoms with Crippen LogP contribution in [0.5, 0.6) is 0 Å². The molecule has 0 unspecified atom stereocenters. The van der Waals surface area contributed by atoms with E-state index < -0.39 is 0 Å². The molecule has 0 bridgehead atoms. The predicted octanol–water partition coefficient (Wildman–Crippen LogP) is 3.26. The molecule has 0 N–H and O–H groups in total. The Morgan fingerprint density at radius 1 is 1.00 bits per heavy atom. The highest BCUT2D eigenvalue weighted by atomic mass is 16.1. The van der Waals surface area contributed by atoms with Crippen LogP contribution < -0.4 is 0 Å². The second-order valence-corrected chi connectivity index (χ2v) is 3.85. The van der Waals surface area contributed by atoms with Crippen molar-refractivity contribution in [2.24, 2.45) is 0 Å². The maximum absolute atomic E-state index is 11.1. The number of aromatic nitrogens is 1. The van der Waals surface area contributed by atoms with E-state index in [1.54, 1.807) is 12.3 Å². The normalized spacial score (nSPS) is 10.1. The van der Waals surface area contributed by atoms with Gasteiger partial charge >= 0.3 is 0 Å². The topological polar surface area (TPSA) is 30.0 Å². The van der Waals surface area contributed by atoms with Crippen LogP contribution in [0.4, 0.5) is 0 Å². The van der Waals surface area contributed by atoms with Crippen LogP contribution in [0.2, 0.25) is 0 Å². The average molecular weight is 211 g/mol. The lowest BCUT2D eigenvalue weighted by Crippen LogP contribution is -1.95. The van der Waals surface area contributed by atoms with Gasteiger partial charge in [-0.1, -0.05) is 35.9 Å². The van der Waals surface area contributed by atoms with E-state index in [-0.39, 0.29) is 5.78 Å². The standard InChI is InChI=1S/C14H13NO/c1-10-3-5-12(6-4-10)13-7-8-14(11(2)16)15-9-13/h3-9H,1-2H3. The average Bonchev–Trinajstić information content (AvgIpc) is 2.30. The molecule has 1 aromatic heterocycles. The SMILES string of the molecule is CC(=O)c1ccc(-c2ccc(C)cc2)cn1. The number of carbonyl (C=O) groups is 1. The lowest BCUT2D eigenvalue weighted by atomic mass is 10.1. The van der Waals surface area contributed by atoms with E-state index >= 15 is 0 Å². The number of pyridine rings is 1. The van der Waals surface area contributed by atoms with E-state index in [4.69, 9.17) is 0 Å². The minimum Gasteiger partial charge on any atom is -0.293 e. The first kappa shape index (κ1) is 10.6. The Bertz CT molecular complexity index is 497. The molecular formula is C14H13NO. The zero-order valence-corrected chi connectivity index (χ0v) is 9.40. The summed E-state index contributed by atoms with van der Waals surface area (Å²) in [6, 6.07) is 11.9. The third-order valence-electron chi connectivity index (χ3n) is 2.51. The van der Waals surface area contributed by atoms with E-state index in [0.717, 1.165) is 11.1 Å². The molecule has 2 aromatic rings. The summed E-state index contributed by atoms with van der Waals surface area (Å²) in [6.45, 7) is 3.58. The maximum atomic E-state index is 11.1. The van der Waals surface area contributed by atoms with Gasteiger partial charge in [-0.25, -0.2) is 0 Å². The molecule has 0 radical (unpaired) electrons. The van der Waals surface area contributed by atoms with Gasteiger partial charge in [0.15, 0.2) is 5.78 Å². The molecule has 0 aliphatic carbocycles. The fourth-order valence-electron chi connectivity index (χ4n) is 1.52. The lowest BCUT2D eigenvalue weighted by molar-refractivity contribution is 0.101.